The molecule has 8 heteroatoms. The van der Waals surface area contributed by atoms with Crippen molar-refractivity contribution in [3.8, 4) is 28.2 Å². The molecule has 4 aromatic rings. The number of hydrogen-bond acceptors (Lipinski definition) is 6. The molecule has 0 saturated carbocycles. The number of aliphatic carboxylic acids is 1. The van der Waals surface area contributed by atoms with E-state index in [-0.39, 0.29) is 37.4 Å². The molecule has 0 aliphatic rings. The second-order valence-electron chi connectivity index (χ2n) is 7.43. The summed E-state index contributed by atoms with van der Waals surface area (Å²) in [6.07, 6.45) is 4.03. The molecule has 0 unspecified atom stereocenters. The molecule has 2 heterocycles. The van der Waals surface area contributed by atoms with Gasteiger partial charge in [-0.15, -0.1) is 0 Å². The van der Waals surface area contributed by atoms with Crippen molar-refractivity contribution < 1.29 is 50.0 Å². The summed E-state index contributed by atoms with van der Waals surface area (Å²) in [5.74, 6) is 1.45. The van der Waals surface area contributed by atoms with E-state index in [9.17, 15) is 4.79 Å². The van der Waals surface area contributed by atoms with Crippen molar-refractivity contribution in [2.45, 2.75) is 25.7 Å². The Balaban J connectivity index is 0.00000204. The Kier molecular flexibility index (Phi) is 8.88. The van der Waals surface area contributed by atoms with Gasteiger partial charge in [-0.1, -0.05) is 48.9 Å². The Morgan fingerprint density at radius 2 is 1.79 bits per heavy atom. The second kappa shape index (κ2) is 11.8. The number of nitrogens with zero attached hydrogens (tertiary/aromatic N) is 2. The van der Waals surface area contributed by atoms with E-state index in [2.05, 4.69) is 15.3 Å². The van der Waals surface area contributed by atoms with Crippen LogP contribution in [0.4, 0.5) is 5.82 Å². The number of carboxylic acid groups (broad SMARTS) is 1. The molecule has 33 heavy (non-hydrogen) atoms. The molecule has 7 nitrogen and oxygen atoms in total. The topological polar surface area (TPSA) is 97.5 Å². The average Bonchev–Trinajstić information content (AvgIpc) is 3.22. The Morgan fingerprint density at radius 1 is 1.03 bits per heavy atom. The maximum Gasteiger partial charge on any atom is 1.00 e. The van der Waals surface area contributed by atoms with Crippen molar-refractivity contribution in [2.24, 2.45) is 0 Å². The zero-order valence-electron chi connectivity index (χ0n) is 19.9. The van der Waals surface area contributed by atoms with Gasteiger partial charge in [0, 0.05) is 24.1 Å². The number of anilines is 1. The molecular formula is C25H26N3NaO4. The quantitative estimate of drug-likeness (QED) is 0.280. The largest absolute Gasteiger partial charge is 1.00 e. The fourth-order valence-corrected chi connectivity index (χ4v) is 3.68. The van der Waals surface area contributed by atoms with Gasteiger partial charge in [-0.25, -0.2) is 9.97 Å². The van der Waals surface area contributed by atoms with Crippen LogP contribution in [-0.2, 0) is 4.79 Å². The fraction of sp³-hybridized carbons (Fsp3) is 0.240. The first-order chi connectivity index (χ1) is 15.7. The number of ether oxygens (including phenoxy) is 1. The third kappa shape index (κ3) is 5.93. The van der Waals surface area contributed by atoms with Gasteiger partial charge in [0.05, 0.1) is 12.5 Å². The first kappa shape index (κ1) is 24.8. The Morgan fingerprint density at radius 3 is 2.48 bits per heavy atom. The van der Waals surface area contributed by atoms with Crippen molar-refractivity contribution in [2.75, 3.05) is 19.0 Å². The molecule has 2 N–H and O–H groups in total. The monoisotopic (exact) mass is 455 g/mol. The van der Waals surface area contributed by atoms with Crippen molar-refractivity contribution >= 4 is 22.9 Å². The van der Waals surface area contributed by atoms with Gasteiger partial charge in [0.15, 0.2) is 0 Å². The summed E-state index contributed by atoms with van der Waals surface area (Å²) in [5, 5.41) is 13.0. The summed E-state index contributed by atoms with van der Waals surface area (Å²) in [4.78, 5) is 19.5. The van der Waals surface area contributed by atoms with Crippen LogP contribution in [-0.4, -0.2) is 34.7 Å². The summed E-state index contributed by atoms with van der Waals surface area (Å²) in [6, 6.07) is 17.8. The number of carbonyl (C=O) groups is 1. The van der Waals surface area contributed by atoms with Crippen LogP contribution < -0.4 is 39.6 Å². The SMILES string of the molecule is COc1ccc(-c2c(-c3ccccc3)oc3ncnc(NCCCCCC(=O)O)c23)cc1.[H-].[Na+]. The predicted octanol–water partition coefficient (Wildman–Crippen LogP) is 2.74. The number of unbranched alkanes of at least 4 members (excludes halogenated alkanes) is 2. The molecule has 0 bridgehead atoms. The number of furan rings is 1. The molecule has 4 rings (SSSR count). The smallest absolute Gasteiger partial charge is 1.00 e. The zero-order chi connectivity index (χ0) is 22.3. The molecule has 0 radical (unpaired) electrons. The van der Waals surface area contributed by atoms with Gasteiger partial charge in [0.25, 0.3) is 0 Å². The molecular weight excluding hydrogens is 429 g/mol. The molecule has 2 aromatic carbocycles. The van der Waals surface area contributed by atoms with Crippen molar-refractivity contribution in [1.82, 2.24) is 9.97 Å². The maximum atomic E-state index is 10.7. The first-order valence-corrected chi connectivity index (χ1v) is 10.6. The van der Waals surface area contributed by atoms with Crippen LogP contribution >= 0.6 is 0 Å². The standard InChI is InChI=1S/C25H25N3O4.Na.H/c1-31-19-13-11-17(12-14-19)21-22-24(26-15-7-3-6-10-20(29)30)27-16-28-25(22)32-23(21)18-8-4-2-5-9-18;;/h2,4-5,8-9,11-14,16H,3,6-7,10,15H2,1H3,(H,29,30)(H,26,27,28);;/q;+1;-1. The van der Waals surface area contributed by atoms with Gasteiger partial charge in [0.1, 0.15) is 23.7 Å². The van der Waals surface area contributed by atoms with E-state index in [1.54, 1.807) is 7.11 Å². The van der Waals surface area contributed by atoms with Gasteiger partial charge in [-0.3, -0.25) is 4.79 Å². The van der Waals surface area contributed by atoms with Crippen LogP contribution in [0.5, 0.6) is 5.75 Å². The number of aromatic nitrogens is 2. The molecule has 166 valence electrons. The van der Waals surface area contributed by atoms with Crippen LogP contribution in [0.3, 0.4) is 0 Å². The molecule has 0 spiro atoms. The van der Waals surface area contributed by atoms with Crippen molar-refractivity contribution in [1.29, 1.82) is 0 Å². The van der Waals surface area contributed by atoms with Crippen LogP contribution in [0, 0.1) is 0 Å². The van der Waals surface area contributed by atoms with Crippen LogP contribution in [0.2, 0.25) is 0 Å². The molecule has 0 fully saturated rings. The van der Waals surface area contributed by atoms with E-state index in [0.29, 0.717) is 24.5 Å². The fourth-order valence-electron chi connectivity index (χ4n) is 3.68. The normalized spacial score (nSPS) is 10.6. The Bertz CT molecular complexity index is 1200. The number of hydrogen-bond donors (Lipinski definition) is 2. The number of rotatable bonds is 10. The number of benzene rings is 2. The van der Waals surface area contributed by atoms with Crippen molar-refractivity contribution in [3.05, 3.63) is 60.9 Å². The molecule has 0 aliphatic heterocycles. The van der Waals surface area contributed by atoms with Crippen LogP contribution in [0.1, 0.15) is 27.1 Å². The summed E-state index contributed by atoms with van der Waals surface area (Å²) >= 11 is 0. The number of nitrogens with one attached hydrogen (secondary N) is 1. The number of fused-ring (bicyclic) bond motifs is 1. The molecule has 0 aliphatic carbocycles. The van der Waals surface area contributed by atoms with Crippen LogP contribution in [0.15, 0.2) is 65.3 Å². The zero-order valence-corrected chi connectivity index (χ0v) is 20.9. The van der Waals surface area contributed by atoms with Crippen LogP contribution in [0.25, 0.3) is 33.6 Å². The number of methoxy groups -OCH3 is 1. The summed E-state index contributed by atoms with van der Waals surface area (Å²) in [6.45, 7) is 0.680. The molecule has 0 saturated heterocycles. The third-order valence-corrected chi connectivity index (χ3v) is 5.26. The average molecular weight is 455 g/mol. The van der Waals surface area contributed by atoms with E-state index in [0.717, 1.165) is 46.4 Å². The Labute approximate surface area is 216 Å². The first-order valence-electron chi connectivity index (χ1n) is 10.6. The van der Waals surface area contributed by atoms with Gasteiger partial charge < -0.3 is 21.0 Å². The van der Waals surface area contributed by atoms with Gasteiger partial charge in [0.2, 0.25) is 5.71 Å². The Hall–Kier alpha value is -2.87. The van der Waals surface area contributed by atoms with E-state index >= 15 is 0 Å². The molecule has 0 atom stereocenters. The second-order valence-corrected chi connectivity index (χ2v) is 7.43. The summed E-state index contributed by atoms with van der Waals surface area (Å²) in [5.41, 5.74) is 3.36. The summed E-state index contributed by atoms with van der Waals surface area (Å²) < 4.78 is 11.5. The molecule has 2 aromatic heterocycles. The van der Waals surface area contributed by atoms with E-state index in [1.165, 1.54) is 6.33 Å². The van der Waals surface area contributed by atoms with E-state index < -0.39 is 5.97 Å². The number of carboxylic acids is 1. The van der Waals surface area contributed by atoms with Gasteiger partial charge in [-0.2, -0.15) is 0 Å². The summed E-state index contributed by atoms with van der Waals surface area (Å²) in [7, 11) is 1.64. The van der Waals surface area contributed by atoms with E-state index in [1.807, 2.05) is 54.6 Å². The van der Waals surface area contributed by atoms with E-state index in [4.69, 9.17) is 14.3 Å². The minimum Gasteiger partial charge on any atom is -1.00 e. The van der Waals surface area contributed by atoms with Gasteiger partial charge in [-0.05, 0) is 30.5 Å². The maximum absolute atomic E-state index is 10.7. The van der Waals surface area contributed by atoms with Crippen molar-refractivity contribution in [3.63, 3.8) is 0 Å². The minimum atomic E-state index is -0.758. The van der Waals surface area contributed by atoms with Gasteiger partial charge >= 0.3 is 35.5 Å². The minimum absolute atomic E-state index is 0. The molecule has 0 amide bonds. The predicted molar refractivity (Wildman–Crippen MR) is 125 cm³/mol. The third-order valence-electron chi connectivity index (χ3n) is 5.26.